The van der Waals surface area contributed by atoms with E-state index in [1.54, 1.807) is 0 Å². The molecule has 0 aromatic heterocycles. The lowest BCUT2D eigenvalue weighted by Crippen LogP contribution is -2.39. The lowest BCUT2D eigenvalue weighted by atomic mass is 10.1. The summed E-state index contributed by atoms with van der Waals surface area (Å²) in [5.41, 5.74) is 0. The van der Waals surface area contributed by atoms with Gasteiger partial charge in [-0.1, -0.05) is 45.4 Å². The van der Waals surface area contributed by atoms with Gasteiger partial charge in [0.05, 0.1) is 0 Å². The molecule has 0 bridgehead atoms. The third-order valence-electron chi connectivity index (χ3n) is 4.77. The molecule has 2 fully saturated rings. The van der Waals surface area contributed by atoms with E-state index in [4.69, 9.17) is 0 Å². The van der Waals surface area contributed by atoms with Crippen molar-refractivity contribution < 1.29 is 0 Å². The molecule has 2 aliphatic rings. The predicted molar refractivity (Wildman–Crippen MR) is 83.6 cm³/mol. The van der Waals surface area contributed by atoms with E-state index < -0.39 is 0 Å². The van der Waals surface area contributed by atoms with E-state index in [9.17, 15) is 0 Å². The van der Waals surface area contributed by atoms with Crippen molar-refractivity contribution in [2.24, 2.45) is 0 Å². The molecular weight excluding hydrogens is 232 g/mol. The van der Waals surface area contributed by atoms with Crippen molar-refractivity contribution in [3.63, 3.8) is 0 Å². The van der Waals surface area contributed by atoms with Gasteiger partial charge in [0.15, 0.2) is 0 Å². The molecule has 19 heavy (non-hydrogen) atoms. The molecule has 1 aliphatic heterocycles. The van der Waals surface area contributed by atoms with Crippen molar-refractivity contribution in [3.05, 3.63) is 0 Å². The minimum atomic E-state index is 0.848. The second-order valence-electron chi connectivity index (χ2n) is 6.64. The Hall–Kier alpha value is -0.0800. The Balaban J connectivity index is 1.46. The normalized spacial score (nSPS) is 24.2. The topological polar surface area (TPSA) is 15.3 Å². The molecule has 1 N–H and O–H groups in total. The molecule has 1 saturated carbocycles. The third-order valence-corrected chi connectivity index (χ3v) is 4.77. The first-order chi connectivity index (χ1) is 9.40. The summed E-state index contributed by atoms with van der Waals surface area (Å²) in [5.74, 6) is 0. The first-order valence-electron chi connectivity index (χ1n) is 8.87. The fourth-order valence-electron chi connectivity index (χ4n) is 3.28. The van der Waals surface area contributed by atoms with Crippen LogP contribution in [0.3, 0.4) is 0 Å². The molecule has 1 unspecified atom stereocenters. The van der Waals surface area contributed by atoms with Crippen LogP contribution in [-0.2, 0) is 0 Å². The molecule has 1 saturated heterocycles. The SMILES string of the molecule is CCCCCCCCCN1CCCC1CNC1CC1. The van der Waals surface area contributed by atoms with Crippen LogP contribution in [0.1, 0.15) is 77.6 Å². The van der Waals surface area contributed by atoms with Crippen LogP contribution in [0, 0.1) is 0 Å². The predicted octanol–water partition coefficient (Wildman–Crippen LogP) is 3.95. The van der Waals surface area contributed by atoms with Gasteiger partial charge in [-0.25, -0.2) is 0 Å². The Morgan fingerprint density at radius 2 is 1.68 bits per heavy atom. The largest absolute Gasteiger partial charge is 0.312 e. The summed E-state index contributed by atoms with van der Waals surface area (Å²) in [6, 6.07) is 1.72. The van der Waals surface area contributed by atoms with Gasteiger partial charge >= 0.3 is 0 Å². The van der Waals surface area contributed by atoms with Gasteiger partial charge in [-0.3, -0.25) is 4.90 Å². The van der Waals surface area contributed by atoms with Crippen LogP contribution in [0.25, 0.3) is 0 Å². The zero-order valence-corrected chi connectivity index (χ0v) is 13.0. The molecule has 0 aromatic carbocycles. The molecule has 0 aromatic rings. The van der Waals surface area contributed by atoms with Crippen molar-refractivity contribution in [2.45, 2.75) is 89.6 Å². The molecule has 112 valence electrons. The van der Waals surface area contributed by atoms with Gasteiger partial charge in [-0.2, -0.15) is 0 Å². The minimum absolute atomic E-state index is 0.848. The summed E-state index contributed by atoms with van der Waals surface area (Å²) < 4.78 is 0. The molecule has 0 amide bonds. The quantitative estimate of drug-likeness (QED) is 0.570. The number of nitrogens with zero attached hydrogens (tertiary/aromatic N) is 1. The van der Waals surface area contributed by atoms with Crippen LogP contribution in [0.15, 0.2) is 0 Å². The Labute approximate surface area is 120 Å². The van der Waals surface area contributed by atoms with E-state index in [-0.39, 0.29) is 0 Å². The van der Waals surface area contributed by atoms with Crippen molar-refractivity contribution in [1.82, 2.24) is 10.2 Å². The molecule has 0 radical (unpaired) electrons. The second kappa shape index (κ2) is 8.97. The number of nitrogens with one attached hydrogen (secondary N) is 1. The smallest absolute Gasteiger partial charge is 0.0221 e. The summed E-state index contributed by atoms with van der Waals surface area (Å²) in [6.45, 7) is 6.25. The van der Waals surface area contributed by atoms with Crippen molar-refractivity contribution >= 4 is 0 Å². The maximum atomic E-state index is 3.71. The maximum absolute atomic E-state index is 3.71. The van der Waals surface area contributed by atoms with E-state index in [0.29, 0.717) is 0 Å². The molecule has 1 aliphatic carbocycles. The van der Waals surface area contributed by atoms with Crippen LogP contribution in [0.4, 0.5) is 0 Å². The highest BCUT2D eigenvalue weighted by Crippen LogP contribution is 2.22. The third kappa shape index (κ3) is 6.27. The number of hydrogen-bond acceptors (Lipinski definition) is 2. The van der Waals surface area contributed by atoms with Crippen LogP contribution in [0.2, 0.25) is 0 Å². The summed E-state index contributed by atoms with van der Waals surface area (Å²) in [7, 11) is 0. The minimum Gasteiger partial charge on any atom is -0.312 e. The van der Waals surface area contributed by atoms with E-state index in [1.807, 2.05) is 0 Å². The number of hydrogen-bond donors (Lipinski definition) is 1. The standard InChI is InChI=1S/C17H34N2/c1-2-3-4-5-6-7-8-13-19-14-9-10-17(19)15-18-16-11-12-16/h16-18H,2-15H2,1H3. The van der Waals surface area contributed by atoms with Crippen molar-refractivity contribution in [2.75, 3.05) is 19.6 Å². The number of unbranched alkanes of at least 4 members (excludes halogenated alkanes) is 6. The molecule has 2 nitrogen and oxygen atoms in total. The van der Waals surface area contributed by atoms with E-state index in [0.717, 1.165) is 12.1 Å². The fraction of sp³-hybridized carbons (Fsp3) is 1.00. The number of likely N-dealkylation sites (tertiary alicyclic amines) is 1. The van der Waals surface area contributed by atoms with Crippen LogP contribution < -0.4 is 5.32 Å². The Morgan fingerprint density at radius 3 is 2.42 bits per heavy atom. The van der Waals surface area contributed by atoms with Gasteiger partial charge in [0.2, 0.25) is 0 Å². The molecule has 2 heteroatoms. The molecule has 1 heterocycles. The fourth-order valence-corrected chi connectivity index (χ4v) is 3.28. The Morgan fingerprint density at radius 1 is 0.947 bits per heavy atom. The van der Waals surface area contributed by atoms with Gasteiger partial charge < -0.3 is 5.32 Å². The van der Waals surface area contributed by atoms with Gasteiger partial charge in [-0.15, -0.1) is 0 Å². The van der Waals surface area contributed by atoms with E-state index >= 15 is 0 Å². The Kier molecular flexibility index (Phi) is 7.23. The first kappa shape index (κ1) is 15.3. The molecule has 1 atom stereocenters. The first-order valence-corrected chi connectivity index (χ1v) is 8.87. The summed E-state index contributed by atoms with van der Waals surface area (Å²) in [5, 5.41) is 3.71. The molecule has 2 rings (SSSR count). The van der Waals surface area contributed by atoms with Gasteiger partial charge in [0.25, 0.3) is 0 Å². The lowest BCUT2D eigenvalue weighted by molar-refractivity contribution is 0.241. The Bertz CT molecular complexity index is 225. The maximum Gasteiger partial charge on any atom is 0.0221 e. The van der Waals surface area contributed by atoms with Crippen molar-refractivity contribution in [1.29, 1.82) is 0 Å². The van der Waals surface area contributed by atoms with E-state index in [1.165, 1.54) is 90.3 Å². The average Bonchev–Trinajstić information content (AvgIpc) is 3.15. The highest BCUT2D eigenvalue weighted by Gasteiger charge is 2.27. The summed E-state index contributed by atoms with van der Waals surface area (Å²) >= 11 is 0. The average molecular weight is 266 g/mol. The van der Waals surface area contributed by atoms with Crippen LogP contribution in [-0.4, -0.2) is 36.6 Å². The van der Waals surface area contributed by atoms with Gasteiger partial charge in [0.1, 0.15) is 0 Å². The number of rotatable bonds is 11. The van der Waals surface area contributed by atoms with Gasteiger partial charge in [-0.05, 0) is 45.2 Å². The van der Waals surface area contributed by atoms with E-state index in [2.05, 4.69) is 17.1 Å². The van der Waals surface area contributed by atoms with Crippen molar-refractivity contribution in [3.8, 4) is 0 Å². The zero-order chi connectivity index (χ0) is 13.3. The monoisotopic (exact) mass is 266 g/mol. The highest BCUT2D eigenvalue weighted by atomic mass is 15.2. The molecular formula is C17H34N2. The van der Waals surface area contributed by atoms with Crippen LogP contribution in [0.5, 0.6) is 0 Å². The zero-order valence-electron chi connectivity index (χ0n) is 13.0. The van der Waals surface area contributed by atoms with Gasteiger partial charge in [0, 0.05) is 18.6 Å². The lowest BCUT2D eigenvalue weighted by Gasteiger charge is -2.24. The second-order valence-corrected chi connectivity index (χ2v) is 6.64. The summed E-state index contributed by atoms with van der Waals surface area (Å²) in [6.07, 6.45) is 15.7. The highest BCUT2D eigenvalue weighted by molar-refractivity contribution is 4.86. The summed E-state index contributed by atoms with van der Waals surface area (Å²) in [4.78, 5) is 2.75. The molecule has 0 spiro atoms. The van der Waals surface area contributed by atoms with Crippen LogP contribution >= 0.6 is 0 Å².